The number of hydrogen-bond acceptors (Lipinski definition) is 3. The predicted octanol–water partition coefficient (Wildman–Crippen LogP) is 1.67. The van der Waals surface area contributed by atoms with Gasteiger partial charge in [0.2, 0.25) is 0 Å². The van der Waals surface area contributed by atoms with Crippen LogP contribution in [0.15, 0.2) is 18.2 Å². The number of benzene rings is 1. The molecule has 0 aliphatic carbocycles. The number of piperidine rings is 1. The Balaban J connectivity index is 2.25. The Morgan fingerprint density at radius 2 is 2.12 bits per heavy atom. The van der Waals surface area contributed by atoms with Crippen molar-refractivity contribution in [3.63, 3.8) is 0 Å². The van der Waals surface area contributed by atoms with E-state index < -0.39 is 0 Å². The highest BCUT2D eigenvalue weighted by Gasteiger charge is 2.23. The topological polar surface area (TPSA) is 43.7 Å². The predicted molar refractivity (Wildman–Crippen MR) is 64.4 cm³/mol. The fourth-order valence-electron chi connectivity index (χ4n) is 2.39. The highest BCUT2D eigenvalue weighted by molar-refractivity contribution is 5.50. The lowest BCUT2D eigenvalue weighted by atomic mass is 10.0. The molecular formula is C13H18FNO2. The van der Waals surface area contributed by atoms with Gasteiger partial charge in [0.05, 0.1) is 24.9 Å². The molecule has 3 nitrogen and oxygen atoms in total. The summed E-state index contributed by atoms with van der Waals surface area (Å²) in [6.45, 7) is 0.683. The molecule has 1 aliphatic rings. The third-order valence-electron chi connectivity index (χ3n) is 3.34. The van der Waals surface area contributed by atoms with Crippen LogP contribution in [0.1, 0.15) is 24.8 Å². The Bertz CT molecular complexity index is 384. The molecule has 1 aliphatic heterocycles. The van der Waals surface area contributed by atoms with Gasteiger partial charge in [0.1, 0.15) is 5.82 Å². The number of hydrogen-bond donors (Lipinski definition) is 2. The zero-order chi connectivity index (χ0) is 12.3. The summed E-state index contributed by atoms with van der Waals surface area (Å²) in [5, 5.41) is 18.3. The van der Waals surface area contributed by atoms with E-state index in [-0.39, 0.29) is 25.1 Å². The lowest BCUT2D eigenvalue weighted by molar-refractivity contribution is 0.239. The Hall–Kier alpha value is -1.13. The summed E-state index contributed by atoms with van der Waals surface area (Å²) in [5.41, 5.74) is 1.10. The maximum absolute atomic E-state index is 13.9. The molecule has 1 aromatic rings. The van der Waals surface area contributed by atoms with Crippen LogP contribution >= 0.6 is 0 Å². The first-order valence-electron chi connectivity index (χ1n) is 6.03. The molecule has 2 rings (SSSR count). The van der Waals surface area contributed by atoms with E-state index in [0.29, 0.717) is 11.3 Å². The zero-order valence-electron chi connectivity index (χ0n) is 9.77. The molecule has 1 aromatic carbocycles. The van der Waals surface area contributed by atoms with Gasteiger partial charge in [0, 0.05) is 6.54 Å². The first-order chi connectivity index (χ1) is 8.26. The minimum Gasteiger partial charge on any atom is -0.394 e. The Morgan fingerprint density at radius 3 is 2.76 bits per heavy atom. The van der Waals surface area contributed by atoms with E-state index in [9.17, 15) is 9.50 Å². The summed E-state index contributed by atoms with van der Waals surface area (Å²) >= 11 is 0. The maximum atomic E-state index is 13.9. The molecular weight excluding hydrogens is 221 g/mol. The van der Waals surface area contributed by atoms with Crippen molar-refractivity contribution in [3.05, 3.63) is 29.6 Å². The molecule has 2 N–H and O–H groups in total. The van der Waals surface area contributed by atoms with Gasteiger partial charge in [-0.05, 0) is 37.0 Å². The van der Waals surface area contributed by atoms with E-state index in [1.165, 1.54) is 6.07 Å². The Kier molecular flexibility index (Phi) is 3.97. The van der Waals surface area contributed by atoms with Crippen molar-refractivity contribution in [1.82, 2.24) is 0 Å². The molecule has 0 radical (unpaired) electrons. The Labute approximate surface area is 100 Å². The van der Waals surface area contributed by atoms with Crippen LogP contribution in [-0.2, 0) is 6.61 Å². The van der Waals surface area contributed by atoms with Crippen LogP contribution in [0.25, 0.3) is 0 Å². The van der Waals surface area contributed by atoms with E-state index in [0.717, 1.165) is 25.8 Å². The van der Waals surface area contributed by atoms with Crippen LogP contribution in [0.5, 0.6) is 0 Å². The summed E-state index contributed by atoms with van der Waals surface area (Å²) in [4.78, 5) is 1.93. The van der Waals surface area contributed by atoms with Gasteiger partial charge in [0.25, 0.3) is 0 Å². The summed E-state index contributed by atoms with van der Waals surface area (Å²) < 4.78 is 13.9. The Morgan fingerprint density at radius 1 is 1.29 bits per heavy atom. The number of anilines is 1. The number of rotatable bonds is 3. The quantitative estimate of drug-likeness (QED) is 0.843. The lowest BCUT2D eigenvalue weighted by Crippen LogP contribution is -2.42. The first kappa shape index (κ1) is 12.3. The maximum Gasteiger partial charge on any atom is 0.146 e. The third-order valence-corrected chi connectivity index (χ3v) is 3.34. The molecule has 1 heterocycles. The standard InChI is InChI=1S/C13H18FNO2/c14-12-7-10(8-16)4-5-13(12)15-6-2-1-3-11(15)9-17/h4-5,7,11,16-17H,1-3,6,8-9H2. The summed E-state index contributed by atoms with van der Waals surface area (Å²) in [7, 11) is 0. The highest BCUT2D eigenvalue weighted by Crippen LogP contribution is 2.27. The number of aliphatic hydroxyl groups is 2. The molecule has 1 atom stereocenters. The monoisotopic (exact) mass is 239 g/mol. The number of nitrogens with zero attached hydrogens (tertiary/aromatic N) is 1. The molecule has 17 heavy (non-hydrogen) atoms. The second-order valence-corrected chi connectivity index (χ2v) is 4.47. The molecule has 0 saturated carbocycles. The van der Waals surface area contributed by atoms with Gasteiger partial charge in [-0.25, -0.2) is 4.39 Å². The van der Waals surface area contributed by atoms with Gasteiger partial charge >= 0.3 is 0 Å². The van der Waals surface area contributed by atoms with Crippen LogP contribution in [0.2, 0.25) is 0 Å². The van der Waals surface area contributed by atoms with Crippen LogP contribution in [0.4, 0.5) is 10.1 Å². The normalized spacial score (nSPS) is 20.6. The van der Waals surface area contributed by atoms with Crippen molar-refractivity contribution in [2.24, 2.45) is 0 Å². The molecule has 0 bridgehead atoms. The fourth-order valence-corrected chi connectivity index (χ4v) is 2.39. The van der Waals surface area contributed by atoms with E-state index >= 15 is 0 Å². The third kappa shape index (κ3) is 2.58. The largest absolute Gasteiger partial charge is 0.394 e. The van der Waals surface area contributed by atoms with E-state index in [1.807, 2.05) is 4.90 Å². The van der Waals surface area contributed by atoms with Crippen LogP contribution < -0.4 is 4.90 Å². The van der Waals surface area contributed by atoms with Gasteiger partial charge in [0.15, 0.2) is 0 Å². The van der Waals surface area contributed by atoms with Crippen molar-refractivity contribution in [2.75, 3.05) is 18.1 Å². The highest BCUT2D eigenvalue weighted by atomic mass is 19.1. The SMILES string of the molecule is OCc1ccc(N2CCCCC2CO)c(F)c1. The van der Waals surface area contributed by atoms with Crippen LogP contribution in [0, 0.1) is 5.82 Å². The molecule has 4 heteroatoms. The van der Waals surface area contributed by atoms with E-state index in [4.69, 9.17) is 5.11 Å². The lowest BCUT2D eigenvalue weighted by Gasteiger charge is -2.36. The van der Waals surface area contributed by atoms with Crippen molar-refractivity contribution in [1.29, 1.82) is 0 Å². The summed E-state index contributed by atoms with van der Waals surface area (Å²) in [5.74, 6) is -0.322. The smallest absolute Gasteiger partial charge is 0.146 e. The first-order valence-corrected chi connectivity index (χ1v) is 6.03. The van der Waals surface area contributed by atoms with Gasteiger partial charge in [-0.2, -0.15) is 0 Å². The number of halogens is 1. The van der Waals surface area contributed by atoms with Gasteiger partial charge in [-0.1, -0.05) is 6.07 Å². The van der Waals surface area contributed by atoms with Crippen molar-refractivity contribution < 1.29 is 14.6 Å². The average Bonchev–Trinajstić information content (AvgIpc) is 2.38. The molecule has 1 fully saturated rings. The second kappa shape index (κ2) is 5.47. The van der Waals surface area contributed by atoms with Crippen LogP contribution in [-0.4, -0.2) is 29.4 Å². The van der Waals surface area contributed by atoms with Gasteiger partial charge < -0.3 is 15.1 Å². The van der Waals surface area contributed by atoms with Gasteiger partial charge in [-0.3, -0.25) is 0 Å². The molecule has 0 aromatic heterocycles. The summed E-state index contributed by atoms with van der Waals surface area (Å²) in [6, 6.07) is 4.78. The number of aliphatic hydroxyl groups excluding tert-OH is 2. The zero-order valence-corrected chi connectivity index (χ0v) is 9.77. The molecule has 1 saturated heterocycles. The van der Waals surface area contributed by atoms with Gasteiger partial charge in [-0.15, -0.1) is 0 Å². The van der Waals surface area contributed by atoms with E-state index in [2.05, 4.69) is 0 Å². The fraction of sp³-hybridized carbons (Fsp3) is 0.538. The minimum absolute atomic E-state index is 0.0122. The second-order valence-electron chi connectivity index (χ2n) is 4.47. The van der Waals surface area contributed by atoms with Crippen molar-refractivity contribution in [2.45, 2.75) is 31.9 Å². The average molecular weight is 239 g/mol. The summed E-state index contributed by atoms with van der Waals surface area (Å²) in [6.07, 6.45) is 3.01. The molecule has 0 spiro atoms. The minimum atomic E-state index is -0.322. The van der Waals surface area contributed by atoms with E-state index in [1.54, 1.807) is 12.1 Å². The molecule has 94 valence electrons. The van der Waals surface area contributed by atoms with Crippen molar-refractivity contribution in [3.8, 4) is 0 Å². The molecule has 0 amide bonds. The molecule has 1 unspecified atom stereocenters. The van der Waals surface area contributed by atoms with Crippen LogP contribution in [0.3, 0.4) is 0 Å². The van der Waals surface area contributed by atoms with Crippen molar-refractivity contribution >= 4 is 5.69 Å².